The molecule has 3 N–H and O–H groups in total. The number of rotatable bonds is 4. The van der Waals surface area contributed by atoms with Crippen LogP contribution in [0.1, 0.15) is 42.4 Å². The third-order valence-corrected chi connectivity index (χ3v) is 6.23. The number of primary amides is 1. The van der Waals surface area contributed by atoms with Gasteiger partial charge in [-0.05, 0) is 68.1 Å². The van der Waals surface area contributed by atoms with Crippen LogP contribution in [0.15, 0.2) is 42.5 Å². The van der Waals surface area contributed by atoms with Gasteiger partial charge in [0.25, 0.3) is 0 Å². The number of imidazole rings is 1. The Labute approximate surface area is 213 Å². The topological polar surface area (TPSA) is 101 Å². The maximum atomic E-state index is 11.7. The van der Waals surface area contributed by atoms with Gasteiger partial charge in [-0.25, -0.2) is 14.6 Å². The van der Waals surface area contributed by atoms with Crippen molar-refractivity contribution in [3.63, 3.8) is 0 Å². The smallest absolute Gasteiger partial charge is 0.356 e. The first kappa shape index (κ1) is 25.9. The lowest BCUT2D eigenvalue weighted by atomic mass is 10.1. The number of benzene rings is 2. The van der Waals surface area contributed by atoms with Crippen molar-refractivity contribution < 1.29 is 14.7 Å². The quantitative estimate of drug-likeness (QED) is 0.418. The lowest BCUT2D eigenvalue weighted by Gasteiger charge is -2.24. The zero-order valence-corrected chi connectivity index (χ0v) is 20.9. The molecule has 1 aromatic heterocycles. The number of aromatic carboxylic acids is 1. The SMILES string of the molecule is CCc1c(C(=O)O)nc(-c2ccc(Cl)cc2Cl)n1-c1ccc(Cl)cc1.NC(=O)N1CCCCC1. The van der Waals surface area contributed by atoms with Gasteiger partial charge in [0.15, 0.2) is 5.69 Å². The monoisotopic (exact) mass is 522 g/mol. The lowest BCUT2D eigenvalue weighted by Crippen LogP contribution is -2.39. The average molecular weight is 524 g/mol. The summed E-state index contributed by atoms with van der Waals surface area (Å²) < 4.78 is 1.79. The molecule has 0 atom stereocenters. The fraction of sp³-hybridized carbons (Fsp3) is 0.292. The van der Waals surface area contributed by atoms with E-state index in [0.717, 1.165) is 31.6 Å². The van der Waals surface area contributed by atoms with Gasteiger partial charge in [-0.2, -0.15) is 0 Å². The molecule has 0 radical (unpaired) electrons. The Morgan fingerprint density at radius 2 is 1.62 bits per heavy atom. The minimum Gasteiger partial charge on any atom is -0.476 e. The number of nitrogens with two attached hydrogens (primary N) is 1. The van der Waals surface area contributed by atoms with E-state index in [9.17, 15) is 14.7 Å². The van der Waals surface area contributed by atoms with Gasteiger partial charge in [-0.1, -0.05) is 41.7 Å². The molecule has 7 nitrogen and oxygen atoms in total. The number of hydrogen-bond acceptors (Lipinski definition) is 3. The molecule has 3 aromatic rings. The summed E-state index contributed by atoms with van der Waals surface area (Å²) in [5, 5.41) is 11.0. The van der Waals surface area contributed by atoms with Gasteiger partial charge in [0.05, 0.1) is 10.7 Å². The van der Waals surface area contributed by atoms with Crippen LogP contribution in [-0.4, -0.2) is 44.6 Å². The molecule has 1 fully saturated rings. The highest BCUT2D eigenvalue weighted by atomic mass is 35.5. The summed E-state index contributed by atoms with van der Waals surface area (Å²) in [5.74, 6) is -0.644. The Balaban J connectivity index is 0.000000302. The predicted octanol–water partition coefficient (Wildman–Crippen LogP) is 6.31. The Bertz CT molecular complexity index is 1170. The molecule has 2 aromatic carbocycles. The number of nitrogens with zero attached hydrogens (tertiary/aromatic N) is 3. The molecule has 0 spiro atoms. The second kappa shape index (κ2) is 11.6. The van der Waals surface area contributed by atoms with E-state index >= 15 is 0 Å². The number of urea groups is 1. The Hall–Kier alpha value is -2.74. The van der Waals surface area contributed by atoms with E-state index in [0.29, 0.717) is 38.6 Å². The van der Waals surface area contributed by atoms with E-state index in [1.54, 1.807) is 39.8 Å². The second-order valence-corrected chi connectivity index (χ2v) is 8.99. The number of amides is 2. The van der Waals surface area contributed by atoms with Gasteiger partial charge in [0, 0.05) is 34.4 Å². The fourth-order valence-electron chi connectivity index (χ4n) is 3.79. The van der Waals surface area contributed by atoms with Crippen LogP contribution in [0.4, 0.5) is 4.79 Å². The third-order valence-electron chi connectivity index (χ3n) is 5.43. The molecule has 1 aliphatic heterocycles. The van der Waals surface area contributed by atoms with Gasteiger partial charge >= 0.3 is 12.0 Å². The van der Waals surface area contributed by atoms with Gasteiger partial charge in [-0.15, -0.1) is 0 Å². The summed E-state index contributed by atoms with van der Waals surface area (Å²) in [6.45, 7) is 3.59. The molecule has 0 unspecified atom stereocenters. The number of hydrogen-bond donors (Lipinski definition) is 2. The first-order valence-electron chi connectivity index (χ1n) is 10.8. The molecule has 1 saturated heterocycles. The van der Waals surface area contributed by atoms with Crippen molar-refractivity contribution in [2.75, 3.05) is 13.1 Å². The zero-order valence-electron chi connectivity index (χ0n) is 18.6. The van der Waals surface area contributed by atoms with Crippen LogP contribution in [0, 0.1) is 0 Å². The number of halogens is 3. The average Bonchev–Trinajstić information content (AvgIpc) is 3.20. The summed E-state index contributed by atoms with van der Waals surface area (Å²) in [6, 6.07) is 11.8. The van der Waals surface area contributed by atoms with E-state index < -0.39 is 5.97 Å². The van der Waals surface area contributed by atoms with E-state index in [-0.39, 0.29) is 11.7 Å². The van der Waals surface area contributed by atoms with Gasteiger partial charge in [0.1, 0.15) is 5.82 Å². The molecule has 2 amide bonds. The minimum atomic E-state index is -1.09. The minimum absolute atomic E-state index is 0.00142. The van der Waals surface area contributed by atoms with Crippen LogP contribution < -0.4 is 5.73 Å². The highest BCUT2D eigenvalue weighted by Gasteiger charge is 2.24. The van der Waals surface area contributed by atoms with Crippen molar-refractivity contribution in [2.24, 2.45) is 5.73 Å². The molecule has 4 rings (SSSR count). The molecule has 0 saturated carbocycles. The molecular weight excluding hydrogens is 499 g/mol. The number of likely N-dealkylation sites (tertiary alicyclic amines) is 1. The van der Waals surface area contributed by atoms with Crippen LogP contribution in [-0.2, 0) is 6.42 Å². The predicted molar refractivity (Wildman–Crippen MR) is 135 cm³/mol. The summed E-state index contributed by atoms with van der Waals surface area (Å²) in [4.78, 5) is 28.2. The van der Waals surface area contributed by atoms with Crippen molar-refractivity contribution in [3.8, 4) is 17.1 Å². The van der Waals surface area contributed by atoms with E-state index in [1.165, 1.54) is 6.42 Å². The molecule has 1 aliphatic rings. The van der Waals surface area contributed by atoms with Crippen molar-refractivity contribution in [2.45, 2.75) is 32.6 Å². The van der Waals surface area contributed by atoms with Crippen LogP contribution in [0.25, 0.3) is 17.1 Å². The Kier molecular flexibility index (Phi) is 8.83. The normalized spacial score (nSPS) is 13.2. The van der Waals surface area contributed by atoms with Gasteiger partial charge in [-0.3, -0.25) is 4.57 Å². The van der Waals surface area contributed by atoms with Gasteiger partial charge in [0.2, 0.25) is 0 Å². The first-order valence-corrected chi connectivity index (χ1v) is 12.0. The van der Waals surface area contributed by atoms with Crippen molar-refractivity contribution in [1.29, 1.82) is 0 Å². The number of carbonyl (C=O) groups excluding carboxylic acids is 1. The number of carbonyl (C=O) groups is 2. The summed E-state index contributed by atoms with van der Waals surface area (Å²) >= 11 is 18.3. The number of carboxylic acids is 1. The number of piperidine rings is 1. The second-order valence-electron chi connectivity index (χ2n) is 7.71. The third kappa shape index (κ3) is 6.03. The zero-order chi connectivity index (χ0) is 24.8. The number of aromatic nitrogens is 2. The molecule has 0 bridgehead atoms. The van der Waals surface area contributed by atoms with Crippen molar-refractivity contribution >= 4 is 46.8 Å². The van der Waals surface area contributed by atoms with E-state index in [4.69, 9.17) is 40.5 Å². The van der Waals surface area contributed by atoms with Crippen LogP contribution in [0.3, 0.4) is 0 Å². The lowest BCUT2D eigenvalue weighted by molar-refractivity contribution is 0.0689. The van der Waals surface area contributed by atoms with Crippen LogP contribution in [0.5, 0.6) is 0 Å². The van der Waals surface area contributed by atoms with Crippen LogP contribution in [0.2, 0.25) is 15.1 Å². The maximum absolute atomic E-state index is 11.7. The molecule has 0 aliphatic carbocycles. The molecule has 2 heterocycles. The van der Waals surface area contributed by atoms with Crippen LogP contribution >= 0.6 is 34.8 Å². The fourth-order valence-corrected chi connectivity index (χ4v) is 4.40. The van der Waals surface area contributed by atoms with Crippen molar-refractivity contribution in [3.05, 3.63) is 68.9 Å². The van der Waals surface area contributed by atoms with E-state index in [1.807, 2.05) is 19.1 Å². The van der Waals surface area contributed by atoms with Gasteiger partial charge < -0.3 is 15.7 Å². The molecular formula is C24H25Cl3N4O3. The summed E-state index contributed by atoms with van der Waals surface area (Å²) in [7, 11) is 0. The van der Waals surface area contributed by atoms with E-state index in [2.05, 4.69) is 4.98 Å². The number of carboxylic acid groups (broad SMARTS) is 1. The standard InChI is InChI=1S/C18H13Cl3N2O2.C6H12N2O/c1-2-15-16(18(24)25)22-17(13-8-5-11(20)9-14(13)21)23(15)12-6-3-10(19)4-7-12;7-6(9)8-4-2-1-3-5-8/h3-9H,2H2,1H3,(H,24,25);1-5H2,(H2,7,9). The summed E-state index contributed by atoms with van der Waals surface area (Å²) in [5.41, 5.74) is 6.98. The Morgan fingerprint density at radius 3 is 2.12 bits per heavy atom. The highest BCUT2D eigenvalue weighted by Crippen LogP contribution is 2.33. The summed E-state index contributed by atoms with van der Waals surface area (Å²) in [6.07, 6.45) is 3.96. The highest BCUT2D eigenvalue weighted by molar-refractivity contribution is 6.36. The largest absolute Gasteiger partial charge is 0.476 e. The molecule has 180 valence electrons. The Morgan fingerprint density at radius 1 is 1.00 bits per heavy atom. The maximum Gasteiger partial charge on any atom is 0.356 e. The molecule has 34 heavy (non-hydrogen) atoms. The van der Waals surface area contributed by atoms with Crippen molar-refractivity contribution in [1.82, 2.24) is 14.5 Å². The first-order chi connectivity index (χ1) is 16.2. The molecule has 10 heteroatoms.